The van der Waals surface area contributed by atoms with Crippen LogP contribution in [0.2, 0.25) is 0 Å². The van der Waals surface area contributed by atoms with Crippen LogP contribution in [-0.4, -0.2) is 61.0 Å². The summed E-state index contributed by atoms with van der Waals surface area (Å²) in [6.45, 7) is 9.06. The minimum Gasteiger partial charge on any atom is -0.493 e. The third-order valence-corrected chi connectivity index (χ3v) is 5.93. The van der Waals surface area contributed by atoms with E-state index in [4.69, 9.17) is 9.47 Å². The first-order chi connectivity index (χ1) is 15.4. The minimum atomic E-state index is -0.0378. The number of benzene rings is 2. The van der Waals surface area contributed by atoms with Gasteiger partial charge in [0, 0.05) is 32.6 Å². The van der Waals surface area contributed by atoms with E-state index in [0.29, 0.717) is 51.4 Å². The predicted octanol–water partition coefficient (Wildman–Crippen LogP) is 3.91. The van der Waals surface area contributed by atoms with Crippen LogP contribution < -0.4 is 9.47 Å². The standard InChI is InChI=1S/C26H34N2O4/c1-20-11-12-23(18-22(20)3)32-19-26(30)28-14-7-13-27(15-16-28)25(29)10-6-17-31-24-9-5-4-8-21(24)2/h4-5,8-9,11-12,18H,6-7,10,13-17,19H2,1-3H3. The molecule has 1 saturated heterocycles. The second-order valence-corrected chi connectivity index (χ2v) is 8.37. The van der Waals surface area contributed by atoms with Crippen molar-refractivity contribution in [2.75, 3.05) is 39.4 Å². The second kappa shape index (κ2) is 11.6. The highest BCUT2D eigenvalue weighted by atomic mass is 16.5. The van der Waals surface area contributed by atoms with Gasteiger partial charge in [0.1, 0.15) is 11.5 Å². The van der Waals surface area contributed by atoms with Gasteiger partial charge in [0.2, 0.25) is 5.91 Å². The van der Waals surface area contributed by atoms with E-state index in [0.717, 1.165) is 23.3 Å². The van der Waals surface area contributed by atoms with Gasteiger partial charge >= 0.3 is 0 Å². The van der Waals surface area contributed by atoms with Crippen LogP contribution in [0.5, 0.6) is 11.5 Å². The molecule has 1 aliphatic rings. The molecular formula is C26H34N2O4. The molecule has 0 atom stereocenters. The van der Waals surface area contributed by atoms with Crippen molar-refractivity contribution in [3.8, 4) is 11.5 Å². The summed E-state index contributed by atoms with van der Waals surface area (Å²) in [5, 5.41) is 0. The molecule has 1 heterocycles. The van der Waals surface area contributed by atoms with Crippen molar-refractivity contribution in [2.45, 2.75) is 40.0 Å². The largest absolute Gasteiger partial charge is 0.493 e. The molecule has 0 saturated carbocycles. The Labute approximate surface area is 191 Å². The van der Waals surface area contributed by atoms with Crippen LogP contribution in [0.3, 0.4) is 0 Å². The van der Waals surface area contributed by atoms with Gasteiger partial charge in [-0.25, -0.2) is 0 Å². The fourth-order valence-corrected chi connectivity index (χ4v) is 3.74. The van der Waals surface area contributed by atoms with Crippen molar-refractivity contribution >= 4 is 11.8 Å². The molecule has 0 bridgehead atoms. The van der Waals surface area contributed by atoms with Gasteiger partial charge in [-0.05, 0) is 68.5 Å². The van der Waals surface area contributed by atoms with Gasteiger partial charge in [0.25, 0.3) is 5.91 Å². The summed E-state index contributed by atoms with van der Waals surface area (Å²) in [5.41, 5.74) is 3.43. The molecule has 0 aliphatic carbocycles. The molecule has 2 aromatic rings. The molecule has 32 heavy (non-hydrogen) atoms. The summed E-state index contributed by atoms with van der Waals surface area (Å²) in [6.07, 6.45) is 1.91. The van der Waals surface area contributed by atoms with Crippen LogP contribution in [0, 0.1) is 20.8 Å². The lowest BCUT2D eigenvalue weighted by atomic mass is 10.1. The Morgan fingerprint density at radius 3 is 2.25 bits per heavy atom. The lowest BCUT2D eigenvalue weighted by Gasteiger charge is -2.22. The van der Waals surface area contributed by atoms with E-state index >= 15 is 0 Å². The number of ether oxygens (including phenoxy) is 2. The summed E-state index contributed by atoms with van der Waals surface area (Å²) >= 11 is 0. The molecule has 1 aliphatic heterocycles. The first kappa shape index (κ1) is 23.6. The summed E-state index contributed by atoms with van der Waals surface area (Å²) in [4.78, 5) is 28.9. The van der Waals surface area contributed by atoms with Crippen LogP contribution in [0.4, 0.5) is 0 Å². The van der Waals surface area contributed by atoms with Crippen molar-refractivity contribution in [2.24, 2.45) is 0 Å². The molecule has 0 unspecified atom stereocenters. The van der Waals surface area contributed by atoms with Gasteiger partial charge in [-0.15, -0.1) is 0 Å². The number of nitrogens with zero attached hydrogens (tertiary/aromatic N) is 2. The molecule has 2 amide bonds. The Bertz CT molecular complexity index is 928. The van der Waals surface area contributed by atoms with Crippen LogP contribution in [0.15, 0.2) is 42.5 Å². The Morgan fingerprint density at radius 1 is 0.812 bits per heavy atom. The molecule has 6 nitrogen and oxygen atoms in total. The van der Waals surface area contributed by atoms with Crippen molar-refractivity contribution in [3.63, 3.8) is 0 Å². The second-order valence-electron chi connectivity index (χ2n) is 8.37. The average molecular weight is 439 g/mol. The third-order valence-electron chi connectivity index (χ3n) is 5.93. The molecule has 3 rings (SSSR count). The van der Waals surface area contributed by atoms with Crippen molar-refractivity contribution in [1.29, 1.82) is 0 Å². The smallest absolute Gasteiger partial charge is 0.260 e. The zero-order chi connectivity index (χ0) is 22.9. The Morgan fingerprint density at radius 2 is 1.53 bits per heavy atom. The third kappa shape index (κ3) is 6.74. The quantitative estimate of drug-likeness (QED) is 0.587. The SMILES string of the molecule is Cc1ccc(OCC(=O)N2CCCN(C(=O)CCCOc3ccccc3C)CC2)cc1C. The van der Waals surface area contributed by atoms with Crippen molar-refractivity contribution in [1.82, 2.24) is 9.80 Å². The molecule has 1 fully saturated rings. The Hall–Kier alpha value is -3.02. The van der Waals surface area contributed by atoms with E-state index in [1.165, 1.54) is 5.56 Å². The highest BCUT2D eigenvalue weighted by Gasteiger charge is 2.22. The van der Waals surface area contributed by atoms with E-state index in [1.54, 1.807) is 4.90 Å². The number of para-hydroxylation sites is 1. The molecule has 2 aromatic carbocycles. The number of amides is 2. The lowest BCUT2D eigenvalue weighted by Crippen LogP contribution is -2.39. The molecule has 0 N–H and O–H groups in total. The van der Waals surface area contributed by atoms with E-state index in [1.807, 2.05) is 68.1 Å². The van der Waals surface area contributed by atoms with Crippen LogP contribution in [0.25, 0.3) is 0 Å². The molecule has 6 heteroatoms. The van der Waals surface area contributed by atoms with Gasteiger partial charge in [-0.3, -0.25) is 9.59 Å². The Kier molecular flexibility index (Phi) is 8.54. The highest BCUT2D eigenvalue weighted by Crippen LogP contribution is 2.18. The molecule has 0 radical (unpaired) electrons. The van der Waals surface area contributed by atoms with Crippen LogP contribution in [0.1, 0.15) is 36.0 Å². The first-order valence-electron chi connectivity index (χ1n) is 11.4. The normalized spacial score (nSPS) is 14.1. The summed E-state index contributed by atoms with van der Waals surface area (Å²) < 4.78 is 11.5. The fraction of sp³-hybridized carbons (Fsp3) is 0.462. The Balaban J connectivity index is 1.38. The van der Waals surface area contributed by atoms with Crippen molar-refractivity contribution in [3.05, 3.63) is 59.2 Å². The number of hydrogen-bond acceptors (Lipinski definition) is 4. The fourth-order valence-electron chi connectivity index (χ4n) is 3.74. The maximum absolute atomic E-state index is 12.6. The number of aryl methyl sites for hydroxylation is 3. The maximum atomic E-state index is 12.6. The number of carbonyl (C=O) groups is 2. The van der Waals surface area contributed by atoms with Gasteiger partial charge in [-0.1, -0.05) is 24.3 Å². The zero-order valence-electron chi connectivity index (χ0n) is 19.4. The topological polar surface area (TPSA) is 59.1 Å². The molecular weight excluding hydrogens is 404 g/mol. The van der Waals surface area contributed by atoms with Gasteiger partial charge in [0.05, 0.1) is 6.61 Å². The van der Waals surface area contributed by atoms with Gasteiger partial charge in [0.15, 0.2) is 6.61 Å². The highest BCUT2D eigenvalue weighted by molar-refractivity contribution is 5.78. The predicted molar refractivity (Wildman–Crippen MR) is 125 cm³/mol. The van der Waals surface area contributed by atoms with Crippen LogP contribution >= 0.6 is 0 Å². The number of rotatable bonds is 8. The number of carbonyl (C=O) groups excluding carboxylic acids is 2. The van der Waals surface area contributed by atoms with E-state index < -0.39 is 0 Å². The molecule has 172 valence electrons. The monoisotopic (exact) mass is 438 g/mol. The van der Waals surface area contributed by atoms with Crippen LogP contribution in [-0.2, 0) is 9.59 Å². The van der Waals surface area contributed by atoms with Crippen molar-refractivity contribution < 1.29 is 19.1 Å². The van der Waals surface area contributed by atoms with E-state index in [-0.39, 0.29) is 18.4 Å². The zero-order valence-corrected chi connectivity index (χ0v) is 19.4. The molecule has 0 aromatic heterocycles. The minimum absolute atomic E-state index is 0.0205. The van der Waals surface area contributed by atoms with E-state index in [2.05, 4.69) is 0 Å². The summed E-state index contributed by atoms with van der Waals surface area (Å²) in [6, 6.07) is 13.7. The van der Waals surface area contributed by atoms with Gasteiger partial charge < -0.3 is 19.3 Å². The van der Waals surface area contributed by atoms with Gasteiger partial charge in [-0.2, -0.15) is 0 Å². The summed E-state index contributed by atoms with van der Waals surface area (Å²) in [7, 11) is 0. The lowest BCUT2D eigenvalue weighted by molar-refractivity contribution is -0.134. The average Bonchev–Trinajstić information content (AvgIpc) is 3.05. The molecule has 0 spiro atoms. The first-order valence-corrected chi connectivity index (χ1v) is 11.4. The maximum Gasteiger partial charge on any atom is 0.260 e. The summed E-state index contributed by atoms with van der Waals surface area (Å²) in [5.74, 6) is 1.66. The number of hydrogen-bond donors (Lipinski definition) is 0. The van der Waals surface area contributed by atoms with E-state index in [9.17, 15) is 9.59 Å².